The molecule has 2 aliphatic heterocycles. The highest BCUT2D eigenvalue weighted by molar-refractivity contribution is 6.52. The van der Waals surface area contributed by atoms with Crippen molar-refractivity contribution in [1.82, 2.24) is 9.88 Å². The number of hydrogen-bond acceptors (Lipinski definition) is 7. The van der Waals surface area contributed by atoms with Crippen molar-refractivity contribution < 1.29 is 33.0 Å². The number of ketones is 1. The molecule has 0 radical (unpaired) electrons. The summed E-state index contributed by atoms with van der Waals surface area (Å²) in [5.74, 6) is -2.50. The smallest absolute Gasteiger partial charge is 0.299 e. The van der Waals surface area contributed by atoms with E-state index in [4.69, 9.17) is 9.47 Å². The molecule has 0 bridgehead atoms. The van der Waals surface area contributed by atoms with Crippen molar-refractivity contribution in [2.75, 3.05) is 23.6 Å². The number of para-hydroxylation sites is 1. The summed E-state index contributed by atoms with van der Waals surface area (Å²) < 4.78 is 25.2. The van der Waals surface area contributed by atoms with E-state index in [0.29, 0.717) is 28.4 Å². The lowest BCUT2D eigenvalue weighted by molar-refractivity contribution is -0.139. The predicted molar refractivity (Wildman–Crippen MR) is 148 cm³/mol. The SMILES string of the molecule is O=C1C(=O)N(CC(=O)N(Cc2cccnc2)[C@H](C(=O)Nc2ccc3c(c2)OCO3)c2cccc(F)c2)c2ccccc21. The Hall–Kier alpha value is -5.58. The fraction of sp³-hybridized carbons (Fsp3) is 0.129. The van der Waals surface area contributed by atoms with E-state index in [1.165, 1.54) is 35.2 Å². The summed E-state index contributed by atoms with van der Waals surface area (Å²) in [5, 5.41) is 2.79. The first-order valence-electron chi connectivity index (χ1n) is 13.0. The lowest BCUT2D eigenvalue weighted by Crippen LogP contribution is -2.46. The third-order valence-corrected chi connectivity index (χ3v) is 6.93. The second-order valence-electron chi connectivity index (χ2n) is 9.64. The molecule has 4 aromatic rings. The molecule has 6 rings (SSSR count). The van der Waals surface area contributed by atoms with Gasteiger partial charge >= 0.3 is 0 Å². The molecule has 3 amide bonds. The summed E-state index contributed by atoms with van der Waals surface area (Å²) in [7, 11) is 0. The summed E-state index contributed by atoms with van der Waals surface area (Å²) in [6, 6.07) is 18.7. The van der Waals surface area contributed by atoms with Gasteiger partial charge in [0, 0.05) is 30.7 Å². The molecule has 0 unspecified atom stereocenters. The number of carbonyl (C=O) groups excluding carboxylic acids is 4. The number of rotatable bonds is 8. The zero-order valence-electron chi connectivity index (χ0n) is 22.0. The summed E-state index contributed by atoms with van der Waals surface area (Å²) in [5.41, 5.74) is 1.65. The van der Waals surface area contributed by atoms with Gasteiger partial charge < -0.3 is 19.7 Å². The molecule has 0 saturated carbocycles. The Morgan fingerprint density at radius 1 is 0.976 bits per heavy atom. The van der Waals surface area contributed by atoms with Crippen LogP contribution < -0.4 is 19.7 Å². The van der Waals surface area contributed by atoms with Gasteiger partial charge in [-0.2, -0.15) is 0 Å². The van der Waals surface area contributed by atoms with Gasteiger partial charge in [0.15, 0.2) is 11.5 Å². The van der Waals surface area contributed by atoms with Gasteiger partial charge in [-0.15, -0.1) is 0 Å². The van der Waals surface area contributed by atoms with Gasteiger partial charge in [-0.3, -0.25) is 29.1 Å². The molecule has 210 valence electrons. The van der Waals surface area contributed by atoms with Crippen LogP contribution in [-0.4, -0.2) is 46.7 Å². The van der Waals surface area contributed by atoms with Gasteiger partial charge in [0.25, 0.3) is 17.6 Å². The minimum absolute atomic E-state index is 0.0485. The van der Waals surface area contributed by atoms with Crippen LogP contribution in [0, 0.1) is 5.82 Å². The van der Waals surface area contributed by atoms with E-state index in [0.717, 1.165) is 4.90 Å². The summed E-state index contributed by atoms with van der Waals surface area (Å²) in [6.45, 7) is -0.572. The molecular weight excluding hydrogens is 543 g/mol. The van der Waals surface area contributed by atoms with Crippen LogP contribution in [0.4, 0.5) is 15.8 Å². The molecule has 1 aromatic heterocycles. The van der Waals surface area contributed by atoms with Gasteiger partial charge in [0.2, 0.25) is 12.7 Å². The Morgan fingerprint density at radius 3 is 2.62 bits per heavy atom. The van der Waals surface area contributed by atoms with Crippen LogP contribution in [0.25, 0.3) is 0 Å². The maximum atomic E-state index is 14.5. The van der Waals surface area contributed by atoms with Crippen LogP contribution in [0.2, 0.25) is 0 Å². The Labute approximate surface area is 239 Å². The molecule has 1 N–H and O–H groups in total. The molecule has 3 aromatic carbocycles. The second-order valence-corrected chi connectivity index (χ2v) is 9.64. The standard InChI is InChI=1S/C31H23FN4O6/c32-21-7-3-6-20(13-21)28(30(39)34-22-10-11-25-26(14-22)42-18-41-25)36(16-19-5-4-12-33-15-19)27(37)17-35-24-9-2-1-8-23(24)29(38)31(35)40/h1-15,28H,16-18H2,(H,34,39)/t28-/m0/s1. The van der Waals surface area contributed by atoms with Crippen LogP contribution in [0.15, 0.2) is 91.3 Å². The highest BCUT2D eigenvalue weighted by atomic mass is 19.1. The average Bonchev–Trinajstić information content (AvgIpc) is 3.56. The fourth-order valence-corrected chi connectivity index (χ4v) is 4.98. The maximum absolute atomic E-state index is 14.5. The lowest BCUT2D eigenvalue weighted by atomic mass is 10.0. The number of carbonyl (C=O) groups is 4. The number of aromatic nitrogens is 1. The first-order valence-corrected chi connectivity index (χ1v) is 13.0. The van der Waals surface area contributed by atoms with Crippen molar-refractivity contribution in [3.8, 4) is 11.5 Å². The Morgan fingerprint density at radius 2 is 1.81 bits per heavy atom. The highest BCUT2D eigenvalue weighted by Gasteiger charge is 2.39. The number of pyridine rings is 1. The predicted octanol–water partition coefficient (Wildman–Crippen LogP) is 3.89. The third kappa shape index (κ3) is 5.15. The molecule has 10 nitrogen and oxygen atoms in total. The van der Waals surface area contributed by atoms with E-state index in [2.05, 4.69) is 10.3 Å². The number of ether oxygens (including phenoxy) is 2. The third-order valence-electron chi connectivity index (χ3n) is 6.93. The quantitative estimate of drug-likeness (QED) is 0.322. The molecule has 2 aliphatic rings. The number of Topliss-reactive ketones (excluding diaryl/α,β-unsaturated/α-hetero) is 1. The maximum Gasteiger partial charge on any atom is 0.299 e. The van der Waals surface area contributed by atoms with Crippen molar-refractivity contribution in [2.24, 2.45) is 0 Å². The van der Waals surface area contributed by atoms with E-state index in [9.17, 15) is 23.6 Å². The summed E-state index contributed by atoms with van der Waals surface area (Å²) in [4.78, 5) is 59.9. The van der Waals surface area contributed by atoms with E-state index in [-0.39, 0.29) is 24.5 Å². The largest absolute Gasteiger partial charge is 0.454 e. The minimum Gasteiger partial charge on any atom is -0.454 e. The highest BCUT2D eigenvalue weighted by Crippen LogP contribution is 2.35. The minimum atomic E-state index is -1.33. The zero-order chi connectivity index (χ0) is 29.2. The second kappa shape index (κ2) is 11.1. The zero-order valence-corrected chi connectivity index (χ0v) is 22.0. The monoisotopic (exact) mass is 566 g/mol. The molecular formula is C31H23FN4O6. The molecule has 0 saturated heterocycles. The number of halogens is 1. The number of benzene rings is 3. The number of anilines is 2. The lowest BCUT2D eigenvalue weighted by Gasteiger charge is -2.32. The Balaban J connectivity index is 1.38. The van der Waals surface area contributed by atoms with Gasteiger partial charge in [0.1, 0.15) is 18.4 Å². The summed E-state index contributed by atoms with van der Waals surface area (Å²) in [6.07, 6.45) is 3.11. The van der Waals surface area contributed by atoms with E-state index < -0.39 is 41.9 Å². The molecule has 0 fully saturated rings. The number of nitrogens with one attached hydrogen (secondary N) is 1. The number of hydrogen-bond donors (Lipinski definition) is 1. The van der Waals surface area contributed by atoms with E-state index >= 15 is 0 Å². The fourth-order valence-electron chi connectivity index (χ4n) is 4.98. The number of nitrogens with zero attached hydrogens (tertiary/aromatic N) is 3. The molecule has 3 heterocycles. The topological polar surface area (TPSA) is 118 Å². The van der Waals surface area contributed by atoms with Gasteiger partial charge in [-0.1, -0.05) is 30.3 Å². The van der Waals surface area contributed by atoms with Crippen molar-refractivity contribution in [2.45, 2.75) is 12.6 Å². The van der Waals surface area contributed by atoms with Crippen molar-refractivity contribution in [3.05, 3.63) is 114 Å². The van der Waals surface area contributed by atoms with Crippen LogP contribution in [-0.2, 0) is 20.9 Å². The van der Waals surface area contributed by atoms with E-state index in [1.807, 2.05) is 0 Å². The molecule has 1 atom stereocenters. The Bertz CT molecular complexity index is 1710. The summed E-state index contributed by atoms with van der Waals surface area (Å²) >= 11 is 0. The molecule has 42 heavy (non-hydrogen) atoms. The van der Waals surface area contributed by atoms with Crippen molar-refractivity contribution in [3.63, 3.8) is 0 Å². The van der Waals surface area contributed by atoms with Gasteiger partial charge in [-0.25, -0.2) is 4.39 Å². The van der Waals surface area contributed by atoms with Crippen molar-refractivity contribution in [1.29, 1.82) is 0 Å². The van der Waals surface area contributed by atoms with Crippen LogP contribution >= 0.6 is 0 Å². The van der Waals surface area contributed by atoms with Crippen LogP contribution in [0.3, 0.4) is 0 Å². The first kappa shape index (κ1) is 26.6. The number of amides is 3. The van der Waals surface area contributed by atoms with Crippen LogP contribution in [0.5, 0.6) is 11.5 Å². The Kier molecular flexibility index (Phi) is 7.05. The van der Waals surface area contributed by atoms with E-state index in [1.54, 1.807) is 60.9 Å². The molecule has 0 spiro atoms. The van der Waals surface area contributed by atoms with Crippen molar-refractivity contribution >= 4 is 34.9 Å². The molecule has 0 aliphatic carbocycles. The van der Waals surface area contributed by atoms with Gasteiger partial charge in [-0.05, 0) is 53.6 Å². The normalized spacial score (nSPS) is 14.0. The first-order chi connectivity index (χ1) is 20.4. The number of fused-ring (bicyclic) bond motifs is 2. The van der Waals surface area contributed by atoms with Crippen LogP contribution in [0.1, 0.15) is 27.5 Å². The molecule has 11 heteroatoms. The average molecular weight is 567 g/mol. The van der Waals surface area contributed by atoms with Gasteiger partial charge in [0.05, 0.1) is 11.3 Å².